The Balaban J connectivity index is 2.18. The van der Waals surface area contributed by atoms with Gasteiger partial charge in [-0.2, -0.15) is 0 Å². The van der Waals surface area contributed by atoms with E-state index in [-0.39, 0.29) is 24.0 Å². The third-order valence-corrected chi connectivity index (χ3v) is 3.15. The molecule has 0 saturated heterocycles. The molecule has 2 rings (SSSR count). The third kappa shape index (κ3) is 4.03. The lowest BCUT2D eigenvalue weighted by molar-refractivity contribution is 0.0697. The molecule has 0 aliphatic rings. The predicted octanol–water partition coefficient (Wildman–Crippen LogP) is 2.10. The van der Waals surface area contributed by atoms with Gasteiger partial charge in [0.2, 0.25) is 0 Å². The van der Waals surface area contributed by atoms with Gasteiger partial charge in [-0.05, 0) is 31.0 Å². The molecule has 0 fully saturated rings. The number of nitrogens with one attached hydrogen (secondary N) is 1. The van der Waals surface area contributed by atoms with Crippen LogP contribution in [0, 0.1) is 6.92 Å². The fourth-order valence-corrected chi connectivity index (χ4v) is 2.09. The molecular formula is C16H18N2O3. The van der Waals surface area contributed by atoms with E-state index >= 15 is 0 Å². The molecule has 1 unspecified atom stereocenters. The van der Waals surface area contributed by atoms with Gasteiger partial charge in [0.15, 0.2) is 0 Å². The van der Waals surface area contributed by atoms with Crippen LogP contribution in [0.2, 0.25) is 0 Å². The first-order valence-electron chi connectivity index (χ1n) is 6.72. The quantitative estimate of drug-likeness (QED) is 0.757. The fourth-order valence-electron chi connectivity index (χ4n) is 2.09. The van der Waals surface area contributed by atoms with E-state index in [4.69, 9.17) is 0 Å². The van der Waals surface area contributed by atoms with Gasteiger partial charge >= 0.3 is 5.97 Å². The number of anilines is 1. The highest BCUT2D eigenvalue weighted by molar-refractivity contribution is 5.93. The molecule has 1 aromatic carbocycles. The minimum atomic E-state index is -1.04. The fraction of sp³-hybridized carbons (Fsp3) is 0.250. The topological polar surface area (TPSA) is 82.5 Å². The Kier molecular flexibility index (Phi) is 4.90. The summed E-state index contributed by atoms with van der Waals surface area (Å²) in [5.74, 6) is -0.751. The molecule has 5 heteroatoms. The molecule has 0 amide bonds. The number of aromatic carboxylic acids is 1. The molecule has 1 aromatic heterocycles. The van der Waals surface area contributed by atoms with E-state index in [0.717, 1.165) is 11.3 Å². The minimum Gasteiger partial charge on any atom is -0.478 e. The van der Waals surface area contributed by atoms with E-state index in [1.165, 1.54) is 6.07 Å². The lowest BCUT2D eigenvalue weighted by Gasteiger charge is -2.18. The monoisotopic (exact) mass is 286 g/mol. The summed E-state index contributed by atoms with van der Waals surface area (Å²) in [7, 11) is 0. The molecule has 2 aromatic rings. The van der Waals surface area contributed by atoms with Gasteiger partial charge in [0.1, 0.15) is 11.4 Å². The van der Waals surface area contributed by atoms with E-state index < -0.39 is 5.97 Å². The van der Waals surface area contributed by atoms with Crippen LogP contribution in [0.15, 0.2) is 42.5 Å². The summed E-state index contributed by atoms with van der Waals surface area (Å²) in [5, 5.41) is 21.7. The average Bonchev–Trinajstić information content (AvgIpc) is 2.47. The lowest BCUT2D eigenvalue weighted by Crippen LogP contribution is -2.28. The normalized spacial score (nSPS) is 11.9. The molecule has 0 bridgehead atoms. The molecule has 1 heterocycles. The molecule has 0 spiro atoms. The third-order valence-electron chi connectivity index (χ3n) is 3.15. The number of hydrogen-bond donors (Lipinski definition) is 3. The Morgan fingerprint density at radius 3 is 2.57 bits per heavy atom. The molecule has 0 saturated carbocycles. The largest absolute Gasteiger partial charge is 0.478 e. The van der Waals surface area contributed by atoms with Crippen molar-refractivity contribution in [2.24, 2.45) is 0 Å². The van der Waals surface area contributed by atoms with Crippen LogP contribution in [-0.2, 0) is 6.42 Å². The summed E-state index contributed by atoms with van der Waals surface area (Å²) < 4.78 is 0. The van der Waals surface area contributed by atoms with Crippen molar-refractivity contribution in [1.29, 1.82) is 0 Å². The second kappa shape index (κ2) is 6.85. The van der Waals surface area contributed by atoms with Crippen LogP contribution in [0.25, 0.3) is 0 Å². The number of pyridine rings is 1. The van der Waals surface area contributed by atoms with Crippen LogP contribution in [0.3, 0.4) is 0 Å². The van der Waals surface area contributed by atoms with Gasteiger partial charge in [-0.15, -0.1) is 0 Å². The number of aromatic nitrogens is 1. The predicted molar refractivity (Wildman–Crippen MR) is 80.6 cm³/mol. The van der Waals surface area contributed by atoms with Crippen LogP contribution < -0.4 is 5.32 Å². The van der Waals surface area contributed by atoms with E-state index in [1.807, 2.05) is 30.3 Å². The molecule has 21 heavy (non-hydrogen) atoms. The number of carboxylic acids is 1. The number of carboxylic acid groups (broad SMARTS) is 1. The highest BCUT2D eigenvalue weighted by Crippen LogP contribution is 2.16. The first-order valence-corrected chi connectivity index (χ1v) is 6.72. The summed E-state index contributed by atoms with van der Waals surface area (Å²) in [4.78, 5) is 15.4. The molecular weight excluding hydrogens is 268 g/mol. The number of aryl methyl sites for hydroxylation is 1. The van der Waals surface area contributed by atoms with Crippen molar-refractivity contribution in [2.45, 2.75) is 19.4 Å². The SMILES string of the molecule is Cc1ccc(C(=O)O)c(NC(CO)Cc2ccccc2)n1. The maximum Gasteiger partial charge on any atom is 0.339 e. The van der Waals surface area contributed by atoms with E-state index in [0.29, 0.717) is 6.42 Å². The highest BCUT2D eigenvalue weighted by atomic mass is 16.4. The molecule has 1 atom stereocenters. The van der Waals surface area contributed by atoms with Crippen molar-refractivity contribution in [3.05, 3.63) is 59.3 Å². The van der Waals surface area contributed by atoms with Crippen LogP contribution in [0.5, 0.6) is 0 Å². The molecule has 110 valence electrons. The standard InChI is InChI=1S/C16H18N2O3/c1-11-7-8-14(16(20)21)15(17-11)18-13(10-19)9-12-5-3-2-4-6-12/h2-8,13,19H,9-10H2,1H3,(H,17,18)(H,20,21). The van der Waals surface area contributed by atoms with Crippen molar-refractivity contribution in [3.63, 3.8) is 0 Å². The van der Waals surface area contributed by atoms with Crippen LogP contribution in [0.1, 0.15) is 21.6 Å². The second-order valence-corrected chi connectivity index (χ2v) is 4.87. The number of nitrogens with zero attached hydrogens (tertiary/aromatic N) is 1. The molecule has 0 aliphatic carbocycles. The number of hydrogen-bond acceptors (Lipinski definition) is 4. The zero-order chi connectivity index (χ0) is 15.2. The molecule has 0 aliphatic heterocycles. The van der Waals surface area contributed by atoms with Gasteiger partial charge < -0.3 is 15.5 Å². The average molecular weight is 286 g/mol. The van der Waals surface area contributed by atoms with Gasteiger partial charge in [-0.1, -0.05) is 30.3 Å². The van der Waals surface area contributed by atoms with Crippen LogP contribution in [-0.4, -0.2) is 33.8 Å². The van der Waals surface area contributed by atoms with Crippen molar-refractivity contribution >= 4 is 11.8 Å². The summed E-state index contributed by atoms with van der Waals surface area (Å²) in [6.45, 7) is 1.69. The Bertz CT molecular complexity index is 614. The first-order chi connectivity index (χ1) is 10.1. The van der Waals surface area contributed by atoms with Crippen LogP contribution in [0.4, 0.5) is 5.82 Å². The second-order valence-electron chi connectivity index (χ2n) is 4.87. The van der Waals surface area contributed by atoms with Gasteiger partial charge in [0.25, 0.3) is 0 Å². The number of aliphatic hydroxyl groups excluding tert-OH is 1. The summed E-state index contributed by atoms with van der Waals surface area (Å²) in [6.07, 6.45) is 0.589. The number of benzene rings is 1. The number of aliphatic hydroxyl groups is 1. The zero-order valence-electron chi connectivity index (χ0n) is 11.8. The van der Waals surface area contributed by atoms with Gasteiger partial charge in [-0.25, -0.2) is 9.78 Å². The van der Waals surface area contributed by atoms with Crippen molar-refractivity contribution < 1.29 is 15.0 Å². The molecule has 0 radical (unpaired) electrons. The van der Waals surface area contributed by atoms with Crippen LogP contribution >= 0.6 is 0 Å². The summed E-state index contributed by atoms with van der Waals surface area (Å²) in [5.41, 5.74) is 1.89. The van der Waals surface area contributed by atoms with E-state index in [2.05, 4.69) is 10.3 Å². The Morgan fingerprint density at radius 1 is 1.24 bits per heavy atom. The minimum absolute atomic E-state index is 0.104. The zero-order valence-corrected chi connectivity index (χ0v) is 11.8. The van der Waals surface area contributed by atoms with Crippen molar-refractivity contribution in [3.8, 4) is 0 Å². The van der Waals surface area contributed by atoms with Crippen molar-refractivity contribution in [2.75, 3.05) is 11.9 Å². The van der Waals surface area contributed by atoms with Gasteiger partial charge in [-0.3, -0.25) is 0 Å². The van der Waals surface area contributed by atoms with E-state index in [9.17, 15) is 15.0 Å². The smallest absolute Gasteiger partial charge is 0.339 e. The Hall–Kier alpha value is -2.40. The summed E-state index contributed by atoms with van der Waals surface area (Å²) in [6, 6.07) is 12.6. The molecule has 3 N–H and O–H groups in total. The maximum absolute atomic E-state index is 11.2. The van der Waals surface area contributed by atoms with Gasteiger partial charge in [0.05, 0.1) is 12.6 Å². The Morgan fingerprint density at radius 2 is 1.95 bits per heavy atom. The number of rotatable bonds is 6. The first kappa shape index (κ1) is 15.0. The van der Waals surface area contributed by atoms with Gasteiger partial charge in [0, 0.05) is 5.69 Å². The Labute approximate surface area is 123 Å². The van der Waals surface area contributed by atoms with E-state index in [1.54, 1.807) is 13.0 Å². The highest BCUT2D eigenvalue weighted by Gasteiger charge is 2.16. The maximum atomic E-state index is 11.2. The number of carbonyl (C=O) groups is 1. The lowest BCUT2D eigenvalue weighted by atomic mass is 10.1. The van der Waals surface area contributed by atoms with Crippen molar-refractivity contribution in [1.82, 2.24) is 4.98 Å². The molecule has 5 nitrogen and oxygen atoms in total. The summed E-state index contributed by atoms with van der Waals surface area (Å²) >= 11 is 0.